The quantitative estimate of drug-likeness (QED) is 0.734. The van der Waals surface area contributed by atoms with Crippen LogP contribution < -0.4 is 20.5 Å². The van der Waals surface area contributed by atoms with E-state index in [2.05, 4.69) is 15.5 Å². The number of benzene rings is 1. The monoisotopic (exact) mass is 340 g/mol. The van der Waals surface area contributed by atoms with E-state index in [1.54, 1.807) is 42.6 Å². The maximum atomic E-state index is 12.7. The molecule has 3 aromatic rings. The van der Waals surface area contributed by atoms with Gasteiger partial charge in [-0.1, -0.05) is 11.2 Å². The maximum Gasteiger partial charge on any atom is 0.263 e. The largest absolute Gasteiger partial charge is 0.497 e. The summed E-state index contributed by atoms with van der Waals surface area (Å²) in [4.78, 5) is 16.9. The van der Waals surface area contributed by atoms with Crippen LogP contribution in [0, 0.1) is 0 Å². The number of pyridine rings is 1. The Morgan fingerprint density at radius 2 is 1.88 bits per heavy atom. The van der Waals surface area contributed by atoms with E-state index in [4.69, 9.17) is 19.7 Å². The molecule has 8 heteroatoms. The lowest BCUT2D eigenvalue weighted by atomic mass is 10.1. The van der Waals surface area contributed by atoms with Crippen molar-refractivity contribution in [2.24, 2.45) is 0 Å². The van der Waals surface area contributed by atoms with Gasteiger partial charge in [0.2, 0.25) is 5.88 Å². The molecular formula is C17H16N4O4. The van der Waals surface area contributed by atoms with Gasteiger partial charge in [0, 0.05) is 30.1 Å². The van der Waals surface area contributed by atoms with Gasteiger partial charge < -0.3 is 25.0 Å². The van der Waals surface area contributed by atoms with E-state index in [-0.39, 0.29) is 17.1 Å². The van der Waals surface area contributed by atoms with E-state index in [0.717, 1.165) is 0 Å². The number of carbonyl (C=O) groups excluding carboxylic acids is 1. The van der Waals surface area contributed by atoms with E-state index in [0.29, 0.717) is 22.9 Å². The summed E-state index contributed by atoms with van der Waals surface area (Å²) in [5.74, 6) is 0.513. The Morgan fingerprint density at radius 3 is 2.48 bits per heavy atom. The molecule has 128 valence electrons. The standard InChI is InChI=1S/C17H16N4O4/c1-23-11-7-10(8-12(9-11)24-2)20-17(22)14-15(21-25-16(14)18)13-5-3-4-6-19-13/h3-9H,18H2,1-2H3,(H,20,22). The highest BCUT2D eigenvalue weighted by atomic mass is 16.5. The molecule has 3 rings (SSSR count). The number of nitrogens with zero attached hydrogens (tertiary/aromatic N) is 2. The first-order valence-corrected chi connectivity index (χ1v) is 7.33. The minimum Gasteiger partial charge on any atom is -0.497 e. The normalized spacial score (nSPS) is 10.3. The summed E-state index contributed by atoms with van der Waals surface area (Å²) in [6, 6.07) is 10.3. The Kier molecular flexibility index (Phi) is 4.51. The van der Waals surface area contributed by atoms with Gasteiger partial charge in [0.05, 0.1) is 19.9 Å². The van der Waals surface area contributed by atoms with E-state index in [9.17, 15) is 4.79 Å². The molecule has 0 saturated heterocycles. The Balaban J connectivity index is 1.94. The van der Waals surface area contributed by atoms with Crippen LogP contribution in [0.3, 0.4) is 0 Å². The number of hydrogen-bond donors (Lipinski definition) is 2. The molecule has 0 radical (unpaired) electrons. The first-order valence-electron chi connectivity index (χ1n) is 7.33. The van der Waals surface area contributed by atoms with Crippen molar-refractivity contribution >= 4 is 17.5 Å². The van der Waals surface area contributed by atoms with Gasteiger partial charge in [-0.3, -0.25) is 9.78 Å². The molecule has 8 nitrogen and oxygen atoms in total. The number of anilines is 2. The third-order valence-corrected chi connectivity index (χ3v) is 3.46. The lowest BCUT2D eigenvalue weighted by Crippen LogP contribution is -2.14. The molecule has 0 unspecified atom stereocenters. The van der Waals surface area contributed by atoms with Crippen molar-refractivity contribution in [1.29, 1.82) is 0 Å². The van der Waals surface area contributed by atoms with Crippen LogP contribution in [0.25, 0.3) is 11.4 Å². The van der Waals surface area contributed by atoms with Gasteiger partial charge in [0.25, 0.3) is 5.91 Å². The third-order valence-electron chi connectivity index (χ3n) is 3.46. The first-order chi connectivity index (χ1) is 12.1. The van der Waals surface area contributed by atoms with Crippen LogP contribution in [-0.4, -0.2) is 30.3 Å². The van der Waals surface area contributed by atoms with Gasteiger partial charge in [-0.05, 0) is 12.1 Å². The molecule has 3 N–H and O–H groups in total. The van der Waals surface area contributed by atoms with Crippen molar-refractivity contribution in [3.8, 4) is 22.9 Å². The van der Waals surface area contributed by atoms with Crippen LogP contribution in [-0.2, 0) is 0 Å². The van der Waals surface area contributed by atoms with Crippen molar-refractivity contribution in [3.63, 3.8) is 0 Å². The van der Waals surface area contributed by atoms with Crippen molar-refractivity contribution in [2.75, 3.05) is 25.3 Å². The number of rotatable bonds is 5. The molecule has 0 fully saturated rings. The molecule has 2 aromatic heterocycles. The molecule has 0 aliphatic carbocycles. The highest BCUT2D eigenvalue weighted by Crippen LogP contribution is 2.29. The highest BCUT2D eigenvalue weighted by Gasteiger charge is 2.23. The molecule has 0 bridgehead atoms. The highest BCUT2D eigenvalue weighted by molar-refractivity contribution is 6.10. The molecule has 2 heterocycles. The van der Waals surface area contributed by atoms with Crippen LogP contribution in [0.5, 0.6) is 11.5 Å². The molecule has 0 aliphatic heterocycles. The fourth-order valence-electron chi connectivity index (χ4n) is 2.27. The predicted octanol–water partition coefficient (Wildman–Crippen LogP) is 2.59. The van der Waals surface area contributed by atoms with Crippen LogP contribution >= 0.6 is 0 Å². The number of amides is 1. The second kappa shape index (κ2) is 6.91. The number of hydrogen-bond acceptors (Lipinski definition) is 7. The van der Waals surface area contributed by atoms with Crippen molar-refractivity contribution in [1.82, 2.24) is 10.1 Å². The minimum atomic E-state index is -0.477. The smallest absolute Gasteiger partial charge is 0.263 e. The molecular weight excluding hydrogens is 324 g/mol. The Bertz CT molecular complexity index is 871. The summed E-state index contributed by atoms with van der Waals surface area (Å²) in [6.45, 7) is 0. The van der Waals surface area contributed by atoms with Gasteiger partial charge in [-0.2, -0.15) is 0 Å². The van der Waals surface area contributed by atoms with E-state index >= 15 is 0 Å². The number of methoxy groups -OCH3 is 2. The SMILES string of the molecule is COc1cc(NC(=O)c2c(-c3ccccn3)noc2N)cc(OC)c1. The second-order valence-electron chi connectivity index (χ2n) is 5.04. The van der Waals surface area contributed by atoms with E-state index in [1.165, 1.54) is 14.2 Å². The van der Waals surface area contributed by atoms with Crippen molar-refractivity contribution < 1.29 is 18.8 Å². The maximum absolute atomic E-state index is 12.7. The molecule has 25 heavy (non-hydrogen) atoms. The molecule has 1 aromatic carbocycles. The van der Waals surface area contributed by atoms with Gasteiger partial charge in [-0.15, -0.1) is 0 Å². The topological polar surface area (TPSA) is 112 Å². The number of aromatic nitrogens is 2. The summed E-state index contributed by atoms with van der Waals surface area (Å²) >= 11 is 0. The second-order valence-corrected chi connectivity index (χ2v) is 5.04. The van der Waals surface area contributed by atoms with Crippen LogP contribution in [0.1, 0.15) is 10.4 Å². The third kappa shape index (κ3) is 3.37. The lowest BCUT2D eigenvalue weighted by Gasteiger charge is -2.10. The Labute approximate surface area is 143 Å². The molecule has 0 spiro atoms. The van der Waals surface area contributed by atoms with Crippen molar-refractivity contribution in [2.45, 2.75) is 0 Å². The van der Waals surface area contributed by atoms with Crippen LogP contribution in [0.15, 0.2) is 47.1 Å². The summed E-state index contributed by atoms with van der Waals surface area (Å²) < 4.78 is 15.4. The van der Waals surface area contributed by atoms with Gasteiger partial charge in [0.15, 0.2) is 0 Å². The summed E-state index contributed by atoms with van der Waals surface area (Å²) in [6.07, 6.45) is 1.59. The van der Waals surface area contributed by atoms with Crippen LogP contribution in [0.4, 0.5) is 11.6 Å². The molecule has 1 amide bonds. The van der Waals surface area contributed by atoms with Crippen LogP contribution in [0.2, 0.25) is 0 Å². The number of nitrogens with one attached hydrogen (secondary N) is 1. The fourth-order valence-corrected chi connectivity index (χ4v) is 2.27. The van der Waals surface area contributed by atoms with Crippen molar-refractivity contribution in [3.05, 3.63) is 48.2 Å². The zero-order valence-corrected chi connectivity index (χ0v) is 13.6. The minimum absolute atomic E-state index is 0.0898. The first kappa shape index (κ1) is 16.3. The van der Waals surface area contributed by atoms with Gasteiger partial charge in [0.1, 0.15) is 22.8 Å². The van der Waals surface area contributed by atoms with Gasteiger partial charge >= 0.3 is 0 Å². The summed E-state index contributed by atoms with van der Waals surface area (Å²) in [5.41, 5.74) is 7.12. The Hall–Kier alpha value is -3.55. The molecule has 0 aliphatic rings. The van der Waals surface area contributed by atoms with Gasteiger partial charge in [-0.25, -0.2) is 0 Å². The fraction of sp³-hybridized carbons (Fsp3) is 0.118. The average Bonchev–Trinajstić information content (AvgIpc) is 3.03. The predicted molar refractivity (Wildman–Crippen MR) is 91.6 cm³/mol. The summed E-state index contributed by atoms with van der Waals surface area (Å²) in [7, 11) is 3.05. The average molecular weight is 340 g/mol. The molecule has 0 saturated carbocycles. The lowest BCUT2D eigenvalue weighted by molar-refractivity contribution is 0.102. The zero-order chi connectivity index (χ0) is 17.8. The number of nitrogen functional groups attached to an aromatic ring is 1. The number of carbonyl (C=O) groups is 1. The molecule has 0 atom stereocenters. The number of nitrogens with two attached hydrogens (primary N) is 1. The number of ether oxygens (including phenoxy) is 2. The van der Waals surface area contributed by atoms with E-state index < -0.39 is 5.91 Å². The Morgan fingerprint density at radius 1 is 1.16 bits per heavy atom. The van der Waals surface area contributed by atoms with E-state index in [1.807, 2.05) is 0 Å². The summed E-state index contributed by atoms with van der Waals surface area (Å²) in [5, 5.41) is 6.58. The zero-order valence-electron chi connectivity index (χ0n) is 13.6.